The highest BCUT2D eigenvalue weighted by molar-refractivity contribution is 7.98. The summed E-state index contributed by atoms with van der Waals surface area (Å²) in [6.45, 7) is 0. The lowest BCUT2D eigenvalue weighted by Gasteiger charge is -2.12. The first-order chi connectivity index (χ1) is 9.22. The van der Waals surface area contributed by atoms with E-state index in [4.69, 9.17) is 5.73 Å². The molecular weight excluding hydrogens is 258 g/mol. The van der Waals surface area contributed by atoms with Gasteiger partial charge >= 0.3 is 0 Å². The van der Waals surface area contributed by atoms with Gasteiger partial charge in [0.25, 0.3) is 0 Å². The van der Waals surface area contributed by atoms with E-state index in [1.54, 1.807) is 18.0 Å². The molecule has 0 saturated heterocycles. The van der Waals surface area contributed by atoms with Crippen molar-refractivity contribution in [3.63, 3.8) is 0 Å². The molecule has 5 heteroatoms. The molecule has 2 aromatic rings. The SMILES string of the molecule is CSCC[C@@H](N)C(=O)Nc1cccc2cccnc12. The molecular formula is C14H17N3OS. The fourth-order valence-electron chi connectivity index (χ4n) is 1.81. The lowest BCUT2D eigenvalue weighted by atomic mass is 10.1. The second kappa shape index (κ2) is 6.54. The maximum absolute atomic E-state index is 12.0. The van der Waals surface area contributed by atoms with E-state index < -0.39 is 6.04 Å². The van der Waals surface area contributed by atoms with E-state index >= 15 is 0 Å². The van der Waals surface area contributed by atoms with Crippen LogP contribution < -0.4 is 11.1 Å². The number of para-hydroxylation sites is 1. The van der Waals surface area contributed by atoms with Gasteiger partial charge in [0, 0.05) is 11.6 Å². The highest BCUT2D eigenvalue weighted by Crippen LogP contribution is 2.20. The molecule has 0 unspecified atom stereocenters. The summed E-state index contributed by atoms with van der Waals surface area (Å²) in [5, 5.41) is 3.86. The zero-order valence-electron chi connectivity index (χ0n) is 10.8. The molecule has 0 aliphatic heterocycles. The predicted octanol–water partition coefficient (Wildman–Crippen LogP) is 2.25. The van der Waals surface area contributed by atoms with Gasteiger partial charge in [-0.15, -0.1) is 0 Å². The Morgan fingerprint density at radius 3 is 3.00 bits per heavy atom. The Hall–Kier alpha value is -1.59. The quantitative estimate of drug-likeness (QED) is 0.878. The number of benzene rings is 1. The third-order valence-corrected chi connectivity index (χ3v) is 3.50. The van der Waals surface area contributed by atoms with Crippen molar-refractivity contribution in [1.82, 2.24) is 4.98 Å². The molecule has 100 valence electrons. The fraction of sp³-hybridized carbons (Fsp3) is 0.286. The number of carbonyl (C=O) groups excluding carboxylic acids is 1. The number of anilines is 1. The number of nitrogens with one attached hydrogen (secondary N) is 1. The Labute approximate surface area is 116 Å². The lowest BCUT2D eigenvalue weighted by Crippen LogP contribution is -2.36. The molecule has 3 N–H and O–H groups in total. The predicted molar refractivity (Wildman–Crippen MR) is 81.3 cm³/mol. The summed E-state index contributed by atoms with van der Waals surface area (Å²) in [7, 11) is 0. The normalized spacial score (nSPS) is 12.3. The molecule has 0 bridgehead atoms. The van der Waals surface area contributed by atoms with Crippen LogP contribution in [0.15, 0.2) is 36.5 Å². The number of hydrogen-bond donors (Lipinski definition) is 2. The first kappa shape index (κ1) is 13.8. The zero-order valence-corrected chi connectivity index (χ0v) is 11.6. The molecule has 0 fully saturated rings. The van der Waals surface area contributed by atoms with Crippen LogP contribution in [0.5, 0.6) is 0 Å². The first-order valence-electron chi connectivity index (χ1n) is 6.11. The van der Waals surface area contributed by atoms with Crippen molar-refractivity contribution in [2.24, 2.45) is 5.73 Å². The molecule has 0 radical (unpaired) electrons. The lowest BCUT2D eigenvalue weighted by molar-refractivity contribution is -0.117. The standard InChI is InChI=1S/C14H17N3OS/c1-19-9-7-11(15)14(18)17-12-6-2-4-10-5-3-8-16-13(10)12/h2-6,8,11H,7,9,15H2,1H3,(H,17,18)/t11-/m1/s1. The van der Waals surface area contributed by atoms with Crippen LogP contribution in [0.3, 0.4) is 0 Å². The molecule has 1 amide bonds. The molecule has 1 heterocycles. The third-order valence-electron chi connectivity index (χ3n) is 2.86. The van der Waals surface area contributed by atoms with Crippen molar-refractivity contribution in [2.75, 3.05) is 17.3 Å². The number of amides is 1. The van der Waals surface area contributed by atoms with Crippen LogP contribution in [0, 0.1) is 0 Å². The van der Waals surface area contributed by atoms with E-state index in [2.05, 4.69) is 10.3 Å². The van der Waals surface area contributed by atoms with Crippen molar-refractivity contribution < 1.29 is 4.79 Å². The average molecular weight is 275 g/mol. The van der Waals surface area contributed by atoms with Crippen molar-refractivity contribution in [2.45, 2.75) is 12.5 Å². The molecule has 0 aliphatic rings. The first-order valence-corrected chi connectivity index (χ1v) is 7.51. The van der Waals surface area contributed by atoms with Crippen LogP contribution in [0.25, 0.3) is 10.9 Å². The van der Waals surface area contributed by atoms with Crippen molar-refractivity contribution in [1.29, 1.82) is 0 Å². The number of pyridine rings is 1. The summed E-state index contributed by atoms with van der Waals surface area (Å²) in [4.78, 5) is 16.3. The molecule has 1 aromatic heterocycles. The number of hydrogen-bond acceptors (Lipinski definition) is 4. The molecule has 0 saturated carbocycles. The van der Waals surface area contributed by atoms with Gasteiger partial charge in [0.2, 0.25) is 5.91 Å². The Morgan fingerprint density at radius 1 is 1.42 bits per heavy atom. The van der Waals surface area contributed by atoms with E-state index in [1.807, 2.05) is 36.6 Å². The van der Waals surface area contributed by atoms with Gasteiger partial charge in [-0.2, -0.15) is 11.8 Å². The number of rotatable bonds is 5. The van der Waals surface area contributed by atoms with Gasteiger partial charge in [-0.25, -0.2) is 0 Å². The summed E-state index contributed by atoms with van der Waals surface area (Å²) < 4.78 is 0. The van der Waals surface area contributed by atoms with Crippen molar-refractivity contribution in [3.8, 4) is 0 Å². The number of thioether (sulfide) groups is 1. The summed E-state index contributed by atoms with van der Waals surface area (Å²) in [6, 6.07) is 9.06. The zero-order chi connectivity index (χ0) is 13.7. The van der Waals surface area contributed by atoms with E-state index in [-0.39, 0.29) is 5.91 Å². The van der Waals surface area contributed by atoms with Gasteiger partial charge in [-0.3, -0.25) is 9.78 Å². The number of carbonyl (C=O) groups is 1. The molecule has 0 aliphatic carbocycles. The number of nitrogens with zero attached hydrogens (tertiary/aromatic N) is 1. The largest absolute Gasteiger partial charge is 0.323 e. The van der Waals surface area contributed by atoms with Crippen molar-refractivity contribution >= 4 is 34.3 Å². The minimum Gasteiger partial charge on any atom is -0.323 e. The highest BCUT2D eigenvalue weighted by Gasteiger charge is 2.14. The van der Waals surface area contributed by atoms with Gasteiger partial charge in [0.1, 0.15) is 0 Å². The summed E-state index contributed by atoms with van der Waals surface area (Å²) >= 11 is 1.68. The number of aromatic nitrogens is 1. The van der Waals surface area contributed by atoms with Crippen LogP contribution in [0.4, 0.5) is 5.69 Å². The maximum Gasteiger partial charge on any atom is 0.241 e. The van der Waals surface area contributed by atoms with Gasteiger partial charge in [-0.1, -0.05) is 18.2 Å². The molecule has 1 aromatic carbocycles. The second-order valence-electron chi connectivity index (χ2n) is 4.26. The summed E-state index contributed by atoms with van der Waals surface area (Å²) in [5.41, 5.74) is 7.35. The summed E-state index contributed by atoms with van der Waals surface area (Å²) in [5.74, 6) is 0.717. The Bertz CT molecular complexity index is 568. The Morgan fingerprint density at radius 2 is 2.21 bits per heavy atom. The van der Waals surface area contributed by atoms with Crippen LogP contribution in [0.2, 0.25) is 0 Å². The number of fused-ring (bicyclic) bond motifs is 1. The van der Waals surface area contributed by atoms with E-state index in [0.717, 1.165) is 16.7 Å². The molecule has 1 atom stereocenters. The maximum atomic E-state index is 12.0. The van der Waals surface area contributed by atoms with Crippen LogP contribution >= 0.6 is 11.8 Å². The van der Waals surface area contributed by atoms with Crippen molar-refractivity contribution in [3.05, 3.63) is 36.5 Å². The van der Waals surface area contributed by atoms with Crippen LogP contribution in [0.1, 0.15) is 6.42 Å². The van der Waals surface area contributed by atoms with Gasteiger partial charge in [-0.05, 0) is 30.6 Å². The topological polar surface area (TPSA) is 68.0 Å². The highest BCUT2D eigenvalue weighted by atomic mass is 32.2. The fourth-order valence-corrected chi connectivity index (χ4v) is 2.30. The summed E-state index contributed by atoms with van der Waals surface area (Å²) in [6.07, 6.45) is 4.39. The Kier molecular flexibility index (Phi) is 4.76. The van der Waals surface area contributed by atoms with Crippen LogP contribution in [-0.2, 0) is 4.79 Å². The van der Waals surface area contributed by atoms with Gasteiger partial charge in [0.05, 0.1) is 17.2 Å². The third kappa shape index (κ3) is 3.45. The van der Waals surface area contributed by atoms with Gasteiger partial charge < -0.3 is 11.1 Å². The minimum atomic E-state index is -0.480. The second-order valence-corrected chi connectivity index (χ2v) is 5.24. The molecule has 4 nitrogen and oxygen atoms in total. The van der Waals surface area contributed by atoms with E-state index in [9.17, 15) is 4.79 Å². The average Bonchev–Trinajstić information content (AvgIpc) is 2.45. The molecule has 2 rings (SSSR count). The van der Waals surface area contributed by atoms with E-state index in [1.165, 1.54) is 0 Å². The minimum absolute atomic E-state index is 0.160. The number of nitrogens with two attached hydrogens (primary N) is 1. The van der Waals surface area contributed by atoms with Gasteiger partial charge in [0.15, 0.2) is 0 Å². The van der Waals surface area contributed by atoms with E-state index in [0.29, 0.717) is 12.1 Å². The molecule has 0 spiro atoms. The smallest absolute Gasteiger partial charge is 0.241 e. The van der Waals surface area contributed by atoms with Crippen LogP contribution in [-0.4, -0.2) is 28.9 Å². The molecule has 19 heavy (non-hydrogen) atoms. The monoisotopic (exact) mass is 275 g/mol. The Balaban J connectivity index is 2.15.